The van der Waals surface area contributed by atoms with E-state index in [0.717, 1.165) is 42.0 Å². The quantitative estimate of drug-likeness (QED) is 0.754. The van der Waals surface area contributed by atoms with Crippen LogP contribution in [0.4, 0.5) is 5.69 Å². The first kappa shape index (κ1) is 13.2. The predicted octanol–water partition coefficient (Wildman–Crippen LogP) is 2.24. The third kappa shape index (κ3) is 2.11. The summed E-state index contributed by atoms with van der Waals surface area (Å²) in [6, 6.07) is 8.38. The maximum atomic E-state index is 11.4. The summed E-state index contributed by atoms with van der Waals surface area (Å²) in [7, 11) is 0. The molecule has 1 amide bonds. The van der Waals surface area contributed by atoms with Crippen LogP contribution in [0.5, 0.6) is 0 Å². The molecule has 0 radical (unpaired) electrons. The Bertz CT molecular complexity index is 654. The molecule has 3 heterocycles. The van der Waals surface area contributed by atoms with Crippen molar-refractivity contribution in [2.75, 3.05) is 11.9 Å². The van der Waals surface area contributed by atoms with Gasteiger partial charge in [-0.05, 0) is 34.9 Å². The van der Waals surface area contributed by atoms with Gasteiger partial charge in [-0.3, -0.25) is 4.79 Å². The maximum Gasteiger partial charge on any atom is 0.228 e. The first-order valence-corrected chi connectivity index (χ1v) is 6.64. The van der Waals surface area contributed by atoms with Gasteiger partial charge in [-0.1, -0.05) is 6.07 Å². The Kier molecular flexibility index (Phi) is 3.28. The fourth-order valence-corrected chi connectivity index (χ4v) is 2.91. The summed E-state index contributed by atoms with van der Waals surface area (Å²) in [6.07, 6.45) is 1.55. The van der Waals surface area contributed by atoms with E-state index in [4.69, 9.17) is 0 Å². The molecule has 0 saturated carbocycles. The summed E-state index contributed by atoms with van der Waals surface area (Å²) in [4.78, 5) is 14.9. The van der Waals surface area contributed by atoms with Crippen molar-refractivity contribution >= 4 is 24.0 Å². The molecule has 2 aliphatic heterocycles. The van der Waals surface area contributed by atoms with Crippen LogP contribution in [0.25, 0.3) is 11.3 Å². The zero-order valence-electron chi connectivity index (χ0n) is 11.0. The van der Waals surface area contributed by atoms with Gasteiger partial charge < -0.3 is 15.6 Å². The molecule has 0 aliphatic carbocycles. The lowest BCUT2D eigenvalue weighted by atomic mass is 10.1. The van der Waals surface area contributed by atoms with E-state index < -0.39 is 0 Å². The highest BCUT2D eigenvalue weighted by Crippen LogP contribution is 2.30. The number of carbonyl (C=O) groups is 1. The van der Waals surface area contributed by atoms with Crippen LogP contribution in [0.1, 0.15) is 16.8 Å². The van der Waals surface area contributed by atoms with Crippen LogP contribution in [-0.4, -0.2) is 17.4 Å². The Labute approximate surface area is 123 Å². The summed E-state index contributed by atoms with van der Waals surface area (Å²) >= 11 is 0. The molecule has 1 aromatic carbocycles. The number of H-pyrrole nitrogens is 1. The van der Waals surface area contributed by atoms with E-state index in [0.29, 0.717) is 6.42 Å². The molecule has 2 aliphatic rings. The Morgan fingerprint density at radius 1 is 1.10 bits per heavy atom. The van der Waals surface area contributed by atoms with Crippen molar-refractivity contribution in [3.8, 4) is 11.3 Å². The summed E-state index contributed by atoms with van der Waals surface area (Å²) in [5.41, 5.74) is 7.04. The Morgan fingerprint density at radius 2 is 2.00 bits per heavy atom. The van der Waals surface area contributed by atoms with Crippen molar-refractivity contribution in [3.63, 3.8) is 0 Å². The number of hydrogen-bond acceptors (Lipinski definition) is 2. The van der Waals surface area contributed by atoms with Gasteiger partial charge in [0.05, 0.1) is 6.42 Å². The molecule has 2 aromatic rings. The molecule has 0 atom stereocenters. The highest BCUT2D eigenvalue weighted by molar-refractivity contribution is 5.99. The number of halogens is 1. The molecule has 0 unspecified atom stereocenters. The molecular formula is C15H16ClN3O. The van der Waals surface area contributed by atoms with Gasteiger partial charge in [-0.25, -0.2) is 0 Å². The summed E-state index contributed by atoms with van der Waals surface area (Å²) in [6.45, 7) is 1.98. The summed E-state index contributed by atoms with van der Waals surface area (Å²) in [5.74, 6) is 0.0853. The average molecular weight is 290 g/mol. The van der Waals surface area contributed by atoms with Crippen molar-refractivity contribution < 1.29 is 4.79 Å². The monoisotopic (exact) mass is 289 g/mol. The highest BCUT2D eigenvalue weighted by Gasteiger charge is 2.19. The third-order valence-corrected chi connectivity index (χ3v) is 3.90. The van der Waals surface area contributed by atoms with E-state index in [9.17, 15) is 4.79 Å². The molecule has 104 valence electrons. The Hall–Kier alpha value is -1.78. The molecule has 4 nitrogen and oxygen atoms in total. The van der Waals surface area contributed by atoms with Gasteiger partial charge >= 0.3 is 0 Å². The first-order chi connectivity index (χ1) is 9.29. The molecule has 0 spiro atoms. The molecule has 0 saturated heterocycles. The zero-order valence-corrected chi connectivity index (χ0v) is 11.8. The third-order valence-electron chi connectivity index (χ3n) is 3.90. The van der Waals surface area contributed by atoms with Gasteiger partial charge in [-0.2, -0.15) is 0 Å². The van der Waals surface area contributed by atoms with Gasteiger partial charge in [0.2, 0.25) is 5.91 Å². The normalized spacial score (nSPS) is 16.1. The molecule has 4 rings (SSSR count). The fourth-order valence-electron chi connectivity index (χ4n) is 2.91. The van der Waals surface area contributed by atoms with Crippen molar-refractivity contribution in [3.05, 3.63) is 41.1 Å². The van der Waals surface area contributed by atoms with Crippen molar-refractivity contribution in [2.45, 2.75) is 19.4 Å². The maximum absolute atomic E-state index is 11.4. The standard InChI is InChI=1S/C15H15N3O.ClH/c19-15-7-10-5-9(1-2-12(10)18-15)14-6-11-8-16-4-3-13(11)17-14;/h1-2,5-6,16-17H,3-4,7-8H2,(H,18,19);1H. The first-order valence-electron chi connectivity index (χ1n) is 6.64. The van der Waals surface area contributed by atoms with E-state index in [2.05, 4.69) is 33.8 Å². The second kappa shape index (κ2) is 4.96. The van der Waals surface area contributed by atoms with Crippen LogP contribution >= 0.6 is 12.4 Å². The summed E-state index contributed by atoms with van der Waals surface area (Å²) < 4.78 is 0. The van der Waals surface area contributed by atoms with Gasteiger partial charge in [-0.15, -0.1) is 12.4 Å². The molecule has 0 fully saturated rings. The van der Waals surface area contributed by atoms with Crippen molar-refractivity contribution in [2.24, 2.45) is 0 Å². The van der Waals surface area contributed by atoms with Crippen LogP contribution in [0, 0.1) is 0 Å². The lowest BCUT2D eigenvalue weighted by Gasteiger charge is -2.11. The number of anilines is 1. The second-order valence-electron chi connectivity index (χ2n) is 5.21. The van der Waals surface area contributed by atoms with Gasteiger partial charge in [0.25, 0.3) is 0 Å². The molecule has 20 heavy (non-hydrogen) atoms. The van der Waals surface area contributed by atoms with Crippen LogP contribution in [-0.2, 0) is 24.2 Å². The second-order valence-corrected chi connectivity index (χ2v) is 5.21. The number of fused-ring (bicyclic) bond motifs is 2. The van der Waals surface area contributed by atoms with Crippen LogP contribution in [0.3, 0.4) is 0 Å². The van der Waals surface area contributed by atoms with E-state index in [-0.39, 0.29) is 18.3 Å². The number of aromatic amines is 1. The van der Waals surface area contributed by atoms with Crippen molar-refractivity contribution in [1.29, 1.82) is 0 Å². The minimum Gasteiger partial charge on any atom is -0.358 e. The minimum absolute atomic E-state index is 0. The molecule has 1 aromatic heterocycles. The highest BCUT2D eigenvalue weighted by atomic mass is 35.5. The summed E-state index contributed by atoms with van der Waals surface area (Å²) in [5, 5.41) is 6.24. The van der Waals surface area contributed by atoms with E-state index >= 15 is 0 Å². The largest absolute Gasteiger partial charge is 0.358 e. The molecule has 0 bridgehead atoms. The number of rotatable bonds is 1. The van der Waals surface area contributed by atoms with E-state index in [1.165, 1.54) is 11.3 Å². The molecule has 5 heteroatoms. The minimum atomic E-state index is 0. The SMILES string of the molecule is Cl.O=C1Cc2cc(-c3cc4c([nH]3)CCNC4)ccc2N1. The number of benzene rings is 1. The Morgan fingerprint density at radius 3 is 2.85 bits per heavy atom. The lowest BCUT2D eigenvalue weighted by molar-refractivity contribution is -0.115. The van der Waals surface area contributed by atoms with Crippen molar-refractivity contribution in [1.82, 2.24) is 10.3 Å². The smallest absolute Gasteiger partial charge is 0.228 e. The number of aromatic nitrogens is 1. The van der Waals surface area contributed by atoms with E-state index in [1.807, 2.05) is 6.07 Å². The number of carbonyl (C=O) groups excluding carboxylic acids is 1. The van der Waals surface area contributed by atoms with Gasteiger partial charge in [0, 0.05) is 36.6 Å². The fraction of sp³-hybridized carbons (Fsp3) is 0.267. The van der Waals surface area contributed by atoms with Crippen LogP contribution in [0.2, 0.25) is 0 Å². The van der Waals surface area contributed by atoms with E-state index in [1.54, 1.807) is 0 Å². The lowest BCUT2D eigenvalue weighted by Crippen LogP contribution is -2.22. The molecular weight excluding hydrogens is 274 g/mol. The topological polar surface area (TPSA) is 56.9 Å². The van der Waals surface area contributed by atoms with Gasteiger partial charge in [0.15, 0.2) is 0 Å². The zero-order chi connectivity index (χ0) is 12.8. The number of amides is 1. The Balaban J connectivity index is 0.00000121. The van der Waals surface area contributed by atoms with Crippen LogP contribution < -0.4 is 10.6 Å². The number of hydrogen-bond donors (Lipinski definition) is 3. The van der Waals surface area contributed by atoms with Crippen LogP contribution in [0.15, 0.2) is 24.3 Å². The average Bonchev–Trinajstić information content (AvgIpc) is 2.99. The number of nitrogens with one attached hydrogen (secondary N) is 3. The van der Waals surface area contributed by atoms with Gasteiger partial charge in [0.1, 0.15) is 0 Å². The predicted molar refractivity (Wildman–Crippen MR) is 81.2 cm³/mol. The molecule has 3 N–H and O–H groups in total.